The molecule has 96 valence electrons. The molecule has 0 fully saturated rings. The summed E-state index contributed by atoms with van der Waals surface area (Å²) in [5.41, 5.74) is 4.35. The van der Waals surface area contributed by atoms with Crippen molar-refractivity contribution >= 4 is 5.91 Å². The van der Waals surface area contributed by atoms with E-state index in [4.69, 9.17) is 5.73 Å². The molecule has 0 aliphatic heterocycles. The minimum Gasteiger partial charge on any atom is -0.388 e. The van der Waals surface area contributed by atoms with E-state index in [1.165, 1.54) is 0 Å². The van der Waals surface area contributed by atoms with Gasteiger partial charge in [0.2, 0.25) is 5.91 Å². The molecule has 16 heavy (non-hydrogen) atoms. The summed E-state index contributed by atoms with van der Waals surface area (Å²) in [6, 6.07) is 0. The third-order valence-corrected chi connectivity index (χ3v) is 3.61. The largest absolute Gasteiger partial charge is 0.388 e. The Bertz CT molecular complexity index is 221. The SMILES string of the molecule is CCC(O)(CC)CNC(=O)C(N)(CC)CC. The van der Waals surface area contributed by atoms with Crippen molar-refractivity contribution in [2.45, 2.75) is 64.5 Å². The molecule has 0 atom stereocenters. The highest BCUT2D eigenvalue weighted by atomic mass is 16.3. The number of carbonyl (C=O) groups excluding carboxylic acids is 1. The van der Waals surface area contributed by atoms with Crippen LogP contribution in [0, 0.1) is 0 Å². The Morgan fingerprint density at radius 1 is 1.12 bits per heavy atom. The molecule has 4 N–H and O–H groups in total. The molecule has 0 bridgehead atoms. The molecular formula is C12H26N2O2. The maximum absolute atomic E-state index is 11.9. The summed E-state index contributed by atoms with van der Waals surface area (Å²) < 4.78 is 0. The number of aliphatic hydroxyl groups is 1. The van der Waals surface area contributed by atoms with Crippen LogP contribution in [0.15, 0.2) is 0 Å². The van der Waals surface area contributed by atoms with Crippen molar-refractivity contribution in [1.82, 2.24) is 5.32 Å². The van der Waals surface area contributed by atoms with E-state index >= 15 is 0 Å². The van der Waals surface area contributed by atoms with Crippen LogP contribution in [0.3, 0.4) is 0 Å². The molecule has 0 saturated carbocycles. The molecule has 0 unspecified atom stereocenters. The lowest BCUT2D eigenvalue weighted by Crippen LogP contribution is -2.55. The van der Waals surface area contributed by atoms with E-state index in [1.807, 2.05) is 27.7 Å². The predicted molar refractivity (Wildman–Crippen MR) is 66.0 cm³/mol. The van der Waals surface area contributed by atoms with Crippen molar-refractivity contribution in [2.75, 3.05) is 6.54 Å². The molecular weight excluding hydrogens is 204 g/mol. The third-order valence-electron chi connectivity index (χ3n) is 3.61. The fourth-order valence-electron chi connectivity index (χ4n) is 1.49. The van der Waals surface area contributed by atoms with Gasteiger partial charge in [-0.25, -0.2) is 0 Å². The maximum atomic E-state index is 11.9. The summed E-state index contributed by atoms with van der Waals surface area (Å²) >= 11 is 0. The second-order valence-electron chi connectivity index (χ2n) is 4.48. The van der Waals surface area contributed by atoms with E-state index in [0.29, 0.717) is 25.7 Å². The van der Waals surface area contributed by atoms with E-state index in [9.17, 15) is 9.90 Å². The molecule has 0 aromatic carbocycles. The van der Waals surface area contributed by atoms with Gasteiger partial charge in [-0.3, -0.25) is 4.79 Å². The van der Waals surface area contributed by atoms with Gasteiger partial charge in [0.15, 0.2) is 0 Å². The van der Waals surface area contributed by atoms with Crippen molar-refractivity contribution in [1.29, 1.82) is 0 Å². The normalized spacial score (nSPS) is 12.6. The van der Waals surface area contributed by atoms with Crippen molar-refractivity contribution in [3.05, 3.63) is 0 Å². The van der Waals surface area contributed by atoms with Gasteiger partial charge < -0.3 is 16.2 Å². The Morgan fingerprint density at radius 2 is 1.56 bits per heavy atom. The van der Waals surface area contributed by atoms with Gasteiger partial charge >= 0.3 is 0 Å². The van der Waals surface area contributed by atoms with Gasteiger partial charge in [0.05, 0.1) is 11.1 Å². The van der Waals surface area contributed by atoms with Crippen molar-refractivity contribution in [3.63, 3.8) is 0 Å². The smallest absolute Gasteiger partial charge is 0.240 e. The van der Waals surface area contributed by atoms with E-state index in [1.54, 1.807) is 0 Å². The molecule has 0 spiro atoms. The van der Waals surface area contributed by atoms with Crippen LogP contribution in [0.25, 0.3) is 0 Å². The van der Waals surface area contributed by atoms with Crippen LogP contribution in [-0.4, -0.2) is 28.7 Å². The first-order chi connectivity index (χ1) is 7.37. The predicted octanol–water partition coefficient (Wildman–Crippen LogP) is 1.17. The molecule has 0 aliphatic carbocycles. The highest BCUT2D eigenvalue weighted by Crippen LogP contribution is 2.15. The molecule has 1 amide bonds. The fraction of sp³-hybridized carbons (Fsp3) is 0.917. The average molecular weight is 230 g/mol. The molecule has 0 aromatic rings. The van der Waals surface area contributed by atoms with Crippen LogP contribution < -0.4 is 11.1 Å². The Kier molecular flexibility index (Phi) is 5.97. The van der Waals surface area contributed by atoms with Gasteiger partial charge in [-0.2, -0.15) is 0 Å². The summed E-state index contributed by atoms with van der Waals surface area (Å²) in [6.07, 6.45) is 2.46. The Balaban J connectivity index is 4.36. The summed E-state index contributed by atoms with van der Waals surface area (Å²) in [6.45, 7) is 7.89. The lowest BCUT2D eigenvalue weighted by Gasteiger charge is -2.30. The second kappa shape index (κ2) is 6.21. The van der Waals surface area contributed by atoms with Crippen LogP contribution in [0.4, 0.5) is 0 Å². The van der Waals surface area contributed by atoms with Gasteiger partial charge in [-0.15, -0.1) is 0 Å². The van der Waals surface area contributed by atoms with Crippen LogP contribution in [0.5, 0.6) is 0 Å². The summed E-state index contributed by atoms with van der Waals surface area (Å²) in [4.78, 5) is 11.9. The highest BCUT2D eigenvalue weighted by Gasteiger charge is 2.31. The molecule has 0 radical (unpaired) electrons. The zero-order chi connectivity index (χ0) is 12.8. The highest BCUT2D eigenvalue weighted by molar-refractivity contribution is 5.85. The summed E-state index contributed by atoms with van der Waals surface area (Å²) in [7, 11) is 0. The van der Waals surface area contributed by atoms with Crippen molar-refractivity contribution in [2.24, 2.45) is 5.73 Å². The maximum Gasteiger partial charge on any atom is 0.240 e. The number of amides is 1. The lowest BCUT2D eigenvalue weighted by molar-refractivity contribution is -0.128. The number of hydrogen-bond donors (Lipinski definition) is 3. The van der Waals surface area contributed by atoms with E-state index in [2.05, 4.69) is 5.32 Å². The monoisotopic (exact) mass is 230 g/mol. The first-order valence-electron chi connectivity index (χ1n) is 6.17. The molecule has 0 aliphatic rings. The number of hydrogen-bond acceptors (Lipinski definition) is 3. The average Bonchev–Trinajstić information content (AvgIpc) is 2.34. The van der Waals surface area contributed by atoms with Crippen LogP contribution in [0.1, 0.15) is 53.4 Å². The van der Waals surface area contributed by atoms with E-state index in [-0.39, 0.29) is 12.5 Å². The third kappa shape index (κ3) is 3.76. The quantitative estimate of drug-likeness (QED) is 0.614. The minimum atomic E-state index is -0.807. The number of nitrogens with one attached hydrogen (secondary N) is 1. The van der Waals surface area contributed by atoms with E-state index in [0.717, 1.165) is 0 Å². The molecule has 0 saturated heterocycles. The standard InChI is InChI=1S/C12H26N2O2/c1-5-11(16,6-2)9-14-10(15)12(13,7-3)8-4/h16H,5-9,13H2,1-4H3,(H,14,15). The van der Waals surface area contributed by atoms with Crippen LogP contribution >= 0.6 is 0 Å². The first kappa shape index (κ1) is 15.4. The zero-order valence-electron chi connectivity index (χ0n) is 11.0. The topological polar surface area (TPSA) is 75.3 Å². The minimum absolute atomic E-state index is 0.169. The van der Waals surface area contributed by atoms with Crippen molar-refractivity contribution < 1.29 is 9.90 Å². The molecule has 4 nitrogen and oxygen atoms in total. The molecule has 0 rings (SSSR count). The Morgan fingerprint density at radius 3 is 1.88 bits per heavy atom. The Labute approximate surface area is 98.6 Å². The number of carbonyl (C=O) groups is 1. The second-order valence-corrected chi connectivity index (χ2v) is 4.48. The summed E-state index contributed by atoms with van der Waals surface area (Å²) in [5.74, 6) is -0.169. The Hall–Kier alpha value is -0.610. The summed E-state index contributed by atoms with van der Waals surface area (Å²) in [5, 5.41) is 12.8. The van der Waals surface area contributed by atoms with Gasteiger partial charge in [0.1, 0.15) is 0 Å². The molecule has 4 heteroatoms. The number of rotatable bonds is 7. The molecule has 0 heterocycles. The van der Waals surface area contributed by atoms with Gasteiger partial charge in [-0.1, -0.05) is 27.7 Å². The first-order valence-corrected chi connectivity index (χ1v) is 6.17. The lowest BCUT2D eigenvalue weighted by atomic mass is 9.92. The van der Waals surface area contributed by atoms with Crippen LogP contribution in [0.2, 0.25) is 0 Å². The van der Waals surface area contributed by atoms with Gasteiger partial charge in [0, 0.05) is 6.54 Å². The van der Waals surface area contributed by atoms with Gasteiger partial charge in [0.25, 0.3) is 0 Å². The van der Waals surface area contributed by atoms with Crippen molar-refractivity contribution in [3.8, 4) is 0 Å². The fourth-order valence-corrected chi connectivity index (χ4v) is 1.49. The van der Waals surface area contributed by atoms with E-state index < -0.39 is 11.1 Å². The van der Waals surface area contributed by atoms with Gasteiger partial charge in [-0.05, 0) is 25.7 Å². The number of nitrogens with two attached hydrogens (primary N) is 1. The van der Waals surface area contributed by atoms with Crippen LogP contribution in [-0.2, 0) is 4.79 Å². The molecule has 0 aromatic heterocycles. The zero-order valence-corrected chi connectivity index (χ0v) is 11.0.